The third-order valence-electron chi connectivity index (χ3n) is 5.20. The zero-order valence-electron chi connectivity index (χ0n) is 17.7. The number of aromatic nitrogens is 1. The maximum absolute atomic E-state index is 13.1. The Morgan fingerprint density at radius 3 is 2.43 bits per heavy atom. The lowest BCUT2D eigenvalue weighted by Gasteiger charge is -2.20. The van der Waals surface area contributed by atoms with E-state index in [0.717, 1.165) is 29.8 Å². The van der Waals surface area contributed by atoms with Crippen LogP contribution < -0.4 is 10.7 Å². The zero-order valence-corrected chi connectivity index (χ0v) is 18.4. The van der Waals surface area contributed by atoms with Gasteiger partial charge in [-0.15, -0.1) is 0 Å². The van der Waals surface area contributed by atoms with Gasteiger partial charge >= 0.3 is 0 Å². The highest BCUT2D eigenvalue weighted by Crippen LogP contribution is 2.22. The Hall–Kier alpha value is -2.85. The molecule has 3 aromatic rings. The van der Waals surface area contributed by atoms with Crippen LogP contribution in [0.1, 0.15) is 52.6 Å². The summed E-state index contributed by atoms with van der Waals surface area (Å²) in [5.74, 6) is -0.420. The molecule has 0 unspecified atom stereocenters. The fraction of sp³-hybridized carbons (Fsp3) is 0.280. The van der Waals surface area contributed by atoms with Gasteiger partial charge in [-0.3, -0.25) is 9.59 Å². The topological polar surface area (TPSA) is 51.1 Å². The lowest BCUT2D eigenvalue weighted by molar-refractivity contribution is 0.102. The van der Waals surface area contributed by atoms with Gasteiger partial charge in [0.2, 0.25) is 0 Å². The van der Waals surface area contributed by atoms with E-state index in [9.17, 15) is 9.59 Å². The van der Waals surface area contributed by atoms with Gasteiger partial charge in [0.1, 0.15) is 5.56 Å². The van der Waals surface area contributed by atoms with E-state index in [2.05, 4.69) is 48.0 Å². The van der Waals surface area contributed by atoms with E-state index in [1.54, 1.807) is 30.3 Å². The van der Waals surface area contributed by atoms with Crippen molar-refractivity contribution in [2.24, 2.45) is 0 Å². The Kier molecular flexibility index (Phi) is 7.11. The number of pyridine rings is 1. The number of para-hydroxylation sites is 1. The number of anilines is 1. The molecule has 0 spiro atoms. The summed E-state index contributed by atoms with van der Waals surface area (Å²) in [7, 11) is 0. The molecule has 0 bridgehead atoms. The standard InChI is InChI=1S/C25H27ClN2O2/c1-4-5-10-22-24(25(30)27-21-9-7-6-8-20(21)26)23(29)15-18(3)28(22)16-19-13-11-17(2)12-14-19/h6-9,11-15H,4-5,10,16H2,1-3H3,(H,27,30). The first kappa shape index (κ1) is 21.8. The minimum absolute atomic E-state index is 0.195. The summed E-state index contributed by atoms with van der Waals surface area (Å²) in [6, 6.07) is 16.9. The van der Waals surface area contributed by atoms with Gasteiger partial charge in [0.15, 0.2) is 5.43 Å². The molecule has 30 heavy (non-hydrogen) atoms. The number of nitrogens with zero attached hydrogens (tertiary/aromatic N) is 1. The number of hydrogen-bond acceptors (Lipinski definition) is 2. The second-order valence-electron chi connectivity index (χ2n) is 7.58. The predicted octanol–water partition coefficient (Wildman–Crippen LogP) is 5.76. The number of amides is 1. The molecule has 0 fully saturated rings. The van der Waals surface area contributed by atoms with E-state index in [-0.39, 0.29) is 11.0 Å². The highest BCUT2D eigenvalue weighted by molar-refractivity contribution is 6.33. The van der Waals surface area contributed by atoms with E-state index in [1.807, 2.05) is 6.92 Å². The SMILES string of the molecule is CCCCc1c(C(=O)Nc2ccccc2Cl)c(=O)cc(C)n1Cc1ccc(C)cc1. The fourth-order valence-corrected chi connectivity index (χ4v) is 3.70. The summed E-state index contributed by atoms with van der Waals surface area (Å²) in [4.78, 5) is 26.0. The van der Waals surface area contributed by atoms with Crippen LogP contribution in [0.2, 0.25) is 5.02 Å². The van der Waals surface area contributed by atoms with Crippen molar-refractivity contribution in [1.82, 2.24) is 4.57 Å². The monoisotopic (exact) mass is 422 g/mol. The lowest BCUT2D eigenvalue weighted by atomic mass is 10.0. The minimum atomic E-state index is -0.420. The van der Waals surface area contributed by atoms with Gasteiger partial charge in [-0.25, -0.2) is 0 Å². The van der Waals surface area contributed by atoms with Crippen molar-refractivity contribution < 1.29 is 4.79 Å². The normalized spacial score (nSPS) is 10.8. The number of hydrogen-bond donors (Lipinski definition) is 1. The summed E-state index contributed by atoms with van der Waals surface area (Å²) in [6.45, 7) is 6.68. The number of rotatable bonds is 7. The summed E-state index contributed by atoms with van der Waals surface area (Å²) in [5.41, 5.74) is 4.37. The van der Waals surface area contributed by atoms with E-state index in [1.165, 1.54) is 5.56 Å². The van der Waals surface area contributed by atoms with Crippen LogP contribution >= 0.6 is 11.6 Å². The third kappa shape index (κ3) is 5.00. The van der Waals surface area contributed by atoms with Gasteiger partial charge in [-0.2, -0.15) is 0 Å². The Morgan fingerprint density at radius 2 is 1.77 bits per heavy atom. The fourth-order valence-electron chi connectivity index (χ4n) is 3.52. The quantitative estimate of drug-likeness (QED) is 0.526. The van der Waals surface area contributed by atoms with Crippen LogP contribution in [0.25, 0.3) is 0 Å². The Balaban J connectivity index is 2.06. The van der Waals surface area contributed by atoms with Crippen molar-refractivity contribution in [3.8, 4) is 0 Å². The van der Waals surface area contributed by atoms with Crippen molar-refractivity contribution in [3.05, 3.63) is 97.9 Å². The van der Waals surface area contributed by atoms with Crippen LogP contribution in [-0.2, 0) is 13.0 Å². The minimum Gasteiger partial charge on any atom is -0.343 e. The van der Waals surface area contributed by atoms with Gasteiger partial charge < -0.3 is 9.88 Å². The van der Waals surface area contributed by atoms with Gasteiger partial charge in [-0.05, 0) is 44.4 Å². The molecule has 2 aromatic carbocycles. The molecule has 3 rings (SSSR count). The number of benzene rings is 2. The number of aryl methyl sites for hydroxylation is 2. The Morgan fingerprint density at radius 1 is 1.07 bits per heavy atom. The Labute approximate surface area is 182 Å². The first-order chi connectivity index (χ1) is 14.4. The molecule has 0 saturated carbocycles. The van der Waals surface area contributed by atoms with Crippen LogP contribution in [0.3, 0.4) is 0 Å². The largest absolute Gasteiger partial charge is 0.343 e. The Bertz CT molecular complexity index is 1100. The highest BCUT2D eigenvalue weighted by Gasteiger charge is 2.21. The maximum Gasteiger partial charge on any atom is 0.261 e. The van der Waals surface area contributed by atoms with Gasteiger partial charge in [0.05, 0.1) is 10.7 Å². The van der Waals surface area contributed by atoms with Crippen molar-refractivity contribution in [2.75, 3.05) is 5.32 Å². The molecule has 0 atom stereocenters. The molecule has 0 aliphatic rings. The van der Waals surface area contributed by atoms with Crippen LogP contribution in [-0.4, -0.2) is 10.5 Å². The molecule has 156 valence electrons. The molecule has 1 amide bonds. The molecule has 1 N–H and O–H groups in total. The summed E-state index contributed by atoms with van der Waals surface area (Å²) in [6.07, 6.45) is 2.52. The smallest absolute Gasteiger partial charge is 0.261 e. The molecule has 4 nitrogen and oxygen atoms in total. The number of carbonyl (C=O) groups excluding carboxylic acids is 1. The summed E-state index contributed by atoms with van der Waals surface area (Å²) in [5, 5.41) is 3.26. The van der Waals surface area contributed by atoms with Crippen LogP contribution in [0, 0.1) is 13.8 Å². The van der Waals surface area contributed by atoms with Crippen molar-refractivity contribution in [1.29, 1.82) is 0 Å². The number of carbonyl (C=O) groups is 1. The number of unbranched alkanes of at least 4 members (excludes halogenated alkanes) is 1. The molecular weight excluding hydrogens is 396 g/mol. The number of halogens is 1. The molecular formula is C25H27ClN2O2. The first-order valence-corrected chi connectivity index (χ1v) is 10.6. The second kappa shape index (κ2) is 9.77. The highest BCUT2D eigenvalue weighted by atomic mass is 35.5. The molecule has 1 heterocycles. The van der Waals surface area contributed by atoms with Gasteiger partial charge in [0, 0.05) is 24.0 Å². The van der Waals surface area contributed by atoms with Crippen LogP contribution in [0.4, 0.5) is 5.69 Å². The molecule has 0 saturated heterocycles. The van der Waals surface area contributed by atoms with Crippen LogP contribution in [0.5, 0.6) is 0 Å². The molecule has 0 aliphatic heterocycles. The van der Waals surface area contributed by atoms with Gasteiger partial charge in [-0.1, -0.05) is 66.9 Å². The van der Waals surface area contributed by atoms with E-state index in [0.29, 0.717) is 23.7 Å². The average molecular weight is 423 g/mol. The first-order valence-electron chi connectivity index (χ1n) is 10.3. The van der Waals surface area contributed by atoms with E-state index >= 15 is 0 Å². The van der Waals surface area contributed by atoms with Gasteiger partial charge in [0.25, 0.3) is 5.91 Å². The molecule has 0 radical (unpaired) electrons. The van der Waals surface area contributed by atoms with Crippen molar-refractivity contribution in [2.45, 2.75) is 46.6 Å². The molecule has 5 heteroatoms. The second-order valence-corrected chi connectivity index (χ2v) is 7.99. The summed E-state index contributed by atoms with van der Waals surface area (Å²) >= 11 is 6.20. The summed E-state index contributed by atoms with van der Waals surface area (Å²) < 4.78 is 2.09. The zero-order chi connectivity index (χ0) is 21.7. The van der Waals surface area contributed by atoms with Crippen molar-refractivity contribution in [3.63, 3.8) is 0 Å². The molecule has 0 aliphatic carbocycles. The van der Waals surface area contributed by atoms with E-state index < -0.39 is 5.91 Å². The average Bonchev–Trinajstić information content (AvgIpc) is 2.71. The number of nitrogens with one attached hydrogen (secondary N) is 1. The maximum atomic E-state index is 13.1. The molecule has 1 aromatic heterocycles. The lowest BCUT2D eigenvalue weighted by Crippen LogP contribution is -2.28. The van der Waals surface area contributed by atoms with Crippen LogP contribution in [0.15, 0.2) is 59.4 Å². The van der Waals surface area contributed by atoms with Crippen molar-refractivity contribution >= 4 is 23.2 Å². The third-order valence-corrected chi connectivity index (χ3v) is 5.53. The van der Waals surface area contributed by atoms with E-state index in [4.69, 9.17) is 11.6 Å². The predicted molar refractivity (Wildman–Crippen MR) is 124 cm³/mol.